The average Bonchev–Trinajstić information content (AvgIpc) is 3.39. The Balaban J connectivity index is 1.49. The van der Waals surface area contributed by atoms with Crippen molar-refractivity contribution in [2.45, 2.75) is 37.0 Å². The number of aromatic nitrogens is 4. The summed E-state index contributed by atoms with van der Waals surface area (Å²) in [5.74, 6) is 0.654. The number of benzene rings is 1. The molecule has 11 heteroatoms. The molecule has 0 unspecified atom stereocenters. The summed E-state index contributed by atoms with van der Waals surface area (Å²) in [6.45, 7) is 2.89. The maximum Gasteiger partial charge on any atom is 0.406 e. The number of hydrogen-bond acceptors (Lipinski definition) is 7. The quantitative estimate of drug-likeness (QED) is 0.470. The van der Waals surface area contributed by atoms with Gasteiger partial charge >= 0.3 is 6.18 Å². The summed E-state index contributed by atoms with van der Waals surface area (Å²) in [6, 6.07) is 8.25. The van der Waals surface area contributed by atoms with E-state index >= 15 is 0 Å². The Hall–Kier alpha value is -2.11. The van der Waals surface area contributed by atoms with Gasteiger partial charge in [-0.3, -0.25) is 4.57 Å². The predicted octanol–water partition coefficient (Wildman–Crippen LogP) is 4.66. The zero-order valence-electron chi connectivity index (χ0n) is 16.9. The molecular formula is C20H22F3N5OS2. The summed E-state index contributed by atoms with van der Waals surface area (Å²) in [4.78, 5) is 6.43. The fourth-order valence-corrected chi connectivity index (χ4v) is 4.99. The fourth-order valence-electron chi connectivity index (χ4n) is 3.23. The molecule has 0 atom stereocenters. The molecule has 0 radical (unpaired) electrons. The molecule has 1 saturated heterocycles. The number of thiazole rings is 1. The van der Waals surface area contributed by atoms with Gasteiger partial charge in [0.25, 0.3) is 0 Å². The standard InChI is InChI=1S/C20H22F3N5OS2/c1-2-14-3-5-15(6-4-14)17-24-16(11-30-17)12-31-19-26-25-18(27-7-9-29-10-8-27)28(19)13-20(21,22)23/h3-6,11H,2,7-10,12-13H2,1H3. The lowest BCUT2D eigenvalue weighted by Gasteiger charge is -2.28. The van der Waals surface area contributed by atoms with Crippen LogP contribution in [0.3, 0.4) is 0 Å². The van der Waals surface area contributed by atoms with Gasteiger partial charge in [0.05, 0.1) is 18.9 Å². The minimum absolute atomic E-state index is 0.234. The van der Waals surface area contributed by atoms with Crippen molar-refractivity contribution in [3.05, 3.63) is 40.9 Å². The van der Waals surface area contributed by atoms with Gasteiger partial charge in [-0.2, -0.15) is 13.2 Å². The lowest BCUT2D eigenvalue weighted by Crippen LogP contribution is -2.38. The van der Waals surface area contributed by atoms with Gasteiger partial charge in [-0.05, 0) is 12.0 Å². The molecule has 31 heavy (non-hydrogen) atoms. The van der Waals surface area contributed by atoms with Gasteiger partial charge in [-0.25, -0.2) is 4.98 Å². The molecule has 1 aliphatic heterocycles. The third-order valence-corrected chi connectivity index (χ3v) is 6.78. The van der Waals surface area contributed by atoms with Crippen LogP contribution in [0.25, 0.3) is 10.6 Å². The molecule has 1 fully saturated rings. The van der Waals surface area contributed by atoms with Gasteiger partial charge in [0.1, 0.15) is 11.6 Å². The number of morpholine rings is 1. The summed E-state index contributed by atoms with van der Waals surface area (Å²) in [6.07, 6.45) is -3.39. The SMILES string of the molecule is CCc1ccc(-c2nc(CSc3nnc(N4CCOCC4)n3CC(F)(F)F)cs2)cc1. The highest BCUT2D eigenvalue weighted by molar-refractivity contribution is 7.98. The molecular weight excluding hydrogens is 447 g/mol. The van der Waals surface area contributed by atoms with E-state index in [9.17, 15) is 13.2 Å². The molecule has 166 valence electrons. The van der Waals surface area contributed by atoms with Crippen LogP contribution in [0.4, 0.5) is 19.1 Å². The number of aryl methyl sites for hydroxylation is 1. The van der Waals surface area contributed by atoms with Crippen molar-refractivity contribution in [3.63, 3.8) is 0 Å². The molecule has 0 aliphatic carbocycles. The third-order valence-electron chi connectivity index (χ3n) is 4.84. The Labute approximate surface area is 186 Å². The van der Waals surface area contributed by atoms with E-state index in [1.807, 2.05) is 17.5 Å². The van der Waals surface area contributed by atoms with E-state index in [1.165, 1.54) is 28.7 Å². The summed E-state index contributed by atoms with van der Waals surface area (Å²) >= 11 is 2.74. The molecule has 0 spiro atoms. The van der Waals surface area contributed by atoms with Crippen LogP contribution < -0.4 is 4.90 Å². The van der Waals surface area contributed by atoms with Crippen molar-refractivity contribution in [3.8, 4) is 10.6 Å². The van der Waals surface area contributed by atoms with Crippen LogP contribution in [0.1, 0.15) is 18.2 Å². The first-order valence-corrected chi connectivity index (χ1v) is 11.8. The van der Waals surface area contributed by atoms with Gasteiger partial charge in [-0.1, -0.05) is 43.0 Å². The van der Waals surface area contributed by atoms with Crippen molar-refractivity contribution >= 4 is 29.0 Å². The molecule has 1 aromatic carbocycles. The van der Waals surface area contributed by atoms with Crippen LogP contribution in [-0.4, -0.2) is 52.2 Å². The zero-order valence-corrected chi connectivity index (χ0v) is 18.6. The number of thioether (sulfide) groups is 1. The largest absolute Gasteiger partial charge is 0.406 e. The van der Waals surface area contributed by atoms with Gasteiger partial charge in [0.2, 0.25) is 5.95 Å². The smallest absolute Gasteiger partial charge is 0.378 e. The van der Waals surface area contributed by atoms with Crippen molar-refractivity contribution < 1.29 is 17.9 Å². The van der Waals surface area contributed by atoms with Crippen molar-refractivity contribution in [1.82, 2.24) is 19.7 Å². The second kappa shape index (κ2) is 9.58. The second-order valence-electron chi connectivity index (χ2n) is 7.07. The van der Waals surface area contributed by atoms with Crippen LogP contribution in [0.15, 0.2) is 34.8 Å². The minimum atomic E-state index is -4.36. The maximum atomic E-state index is 13.2. The van der Waals surface area contributed by atoms with E-state index in [0.29, 0.717) is 32.1 Å². The highest BCUT2D eigenvalue weighted by Crippen LogP contribution is 2.31. The Morgan fingerprint density at radius 2 is 1.87 bits per heavy atom. The Morgan fingerprint density at radius 3 is 2.55 bits per heavy atom. The molecule has 2 aromatic heterocycles. The highest BCUT2D eigenvalue weighted by Gasteiger charge is 2.32. The number of ether oxygens (including phenoxy) is 1. The summed E-state index contributed by atoms with van der Waals surface area (Å²) < 4.78 is 46.1. The van der Waals surface area contributed by atoms with Crippen LogP contribution in [0.2, 0.25) is 0 Å². The molecule has 0 amide bonds. The summed E-state index contributed by atoms with van der Waals surface area (Å²) in [5, 5.41) is 11.2. The maximum absolute atomic E-state index is 13.2. The van der Waals surface area contributed by atoms with Crippen LogP contribution >= 0.6 is 23.1 Å². The molecule has 0 N–H and O–H groups in total. The number of rotatable bonds is 7. The molecule has 0 bridgehead atoms. The number of alkyl halides is 3. The average molecular weight is 470 g/mol. The predicted molar refractivity (Wildman–Crippen MR) is 116 cm³/mol. The summed E-state index contributed by atoms with van der Waals surface area (Å²) in [5.41, 5.74) is 3.10. The lowest BCUT2D eigenvalue weighted by molar-refractivity contribution is -0.141. The number of halogens is 3. The summed E-state index contributed by atoms with van der Waals surface area (Å²) in [7, 11) is 0. The van der Waals surface area contributed by atoms with E-state index in [1.54, 1.807) is 4.90 Å². The molecule has 1 aliphatic rings. The Bertz CT molecular complexity index is 997. The van der Waals surface area contributed by atoms with E-state index in [-0.39, 0.29) is 11.1 Å². The first kappa shape index (κ1) is 22.1. The van der Waals surface area contributed by atoms with Crippen molar-refractivity contribution in [2.75, 3.05) is 31.2 Å². The van der Waals surface area contributed by atoms with E-state index < -0.39 is 12.7 Å². The van der Waals surface area contributed by atoms with Gasteiger partial charge in [-0.15, -0.1) is 21.5 Å². The third kappa shape index (κ3) is 5.58. The van der Waals surface area contributed by atoms with Crippen LogP contribution in [0.5, 0.6) is 0 Å². The topological polar surface area (TPSA) is 56.1 Å². The zero-order chi connectivity index (χ0) is 21.8. The van der Waals surface area contributed by atoms with E-state index in [2.05, 4.69) is 34.2 Å². The van der Waals surface area contributed by atoms with E-state index in [0.717, 1.165) is 27.3 Å². The lowest BCUT2D eigenvalue weighted by atomic mass is 10.1. The van der Waals surface area contributed by atoms with Gasteiger partial charge < -0.3 is 9.64 Å². The molecule has 3 heterocycles. The Morgan fingerprint density at radius 1 is 1.13 bits per heavy atom. The number of nitrogens with zero attached hydrogens (tertiary/aromatic N) is 5. The van der Waals surface area contributed by atoms with Crippen LogP contribution in [0, 0.1) is 0 Å². The molecule has 3 aromatic rings. The monoisotopic (exact) mass is 469 g/mol. The number of anilines is 1. The van der Waals surface area contributed by atoms with Crippen molar-refractivity contribution in [1.29, 1.82) is 0 Å². The molecule has 6 nitrogen and oxygen atoms in total. The van der Waals surface area contributed by atoms with Crippen LogP contribution in [-0.2, 0) is 23.5 Å². The van der Waals surface area contributed by atoms with E-state index in [4.69, 9.17) is 4.74 Å². The normalized spacial score (nSPS) is 14.9. The van der Waals surface area contributed by atoms with Gasteiger partial charge in [0.15, 0.2) is 5.16 Å². The Kier molecular flexibility index (Phi) is 6.83. The molecule has 4 rings (SSSR count). The second-order valence-corrected chi connectivity index (χ2v) is 8.87. The number of hydrogen-bond donors (Lipinski definition) is 0. The highest BCUT2D eigenvalue weighted by atomic mass is 32.2. The first-order valence-electron chi connectivity index (χ1n) is 9.92. The first-order chi connectivity index (χ1) is 14.9. The fraction of sp³-hybridized carbons (Fsp3) is 0.450. The van der Waals surface area contributed by atoms with Gasteiger partial charge in [0, 0.05) is 29.8 Å². The minimum Gasteiger partial charge on any atom is -0.378 e. The molecule has 0 saturated carbocycles. The van der Waals surface area contributed by atoms with Crippen molar-refractivity contribution in [2.24, 2.45) is 0 Å².